The Morgan fingerprint density at radius 2 is 2.05 bits per heavy atom. The molecule has 0 bridgehead atoms. The summed E-state index contributed by atoms with van der Waals surface area (Å²) in [6.07, 6.45) is 5.71. The maximum Gasteiger partial charge on any atom is 0.319 e. The molecule has 0 aliphatic heterocycles. The molecule has 19 heavy (non-hydrogen) atoms. The van der Waals surface area contributed by atoms with Crippen LogP contribution in [-0.2, 0) is 0 Å². The molecule has 0 radical (unpaired) electrons. The van der Waals surface area contributed by atoms with E-state index in [9.17, 15) is 4.79 Å². The number of nitriles is 1. The summed E-state index contributed by atoms with van der Waals surface area (Å²) in [7, 11) is 0. The topological polar surface area (TPSA) is 64.9 Å². The number of benzene rings is 1. The minimum atomic E-state index is -0.214. The average molecular weight is 257 g/mol. The molecule has 0 atom stereocenters. The Morgan fingerprint density at radius 3 is 2.74 bits per heavy atom. The number of amides is 2. The summed E-state index contributed by atoms with van der Waals surface area (Å²) in [5.41, 5.74) is 1.98. The van der Waals surface area contributed by atoms with E-state index in [2.05, 4.69) is 16.7 Å². The van der Waals surface area contributed by atoms with E-state index in [1.54, 1.807) is 6.07 Å². The molecule has 1 fully saturated rings. The van der Waals surface area contributed by atoms with E-state index in [-0.39, 0.29) is 12.1 Å². The Balaban J connectivity index is 1.99. The highest BCUT2D eigenvalue weighted by atomic mass is 16.2. The zero-order chi connectivity index (χ0) is 13.7. The summed E-state index contributed by atoms with van der Waals surface area (Å²) in [5.74, 6) is 0. The molecule has 4 heteroatoms. The first kappa shape index (κ1) is 13.4. The fourth-order valence-electron chi connectivity index (χ4n) is 2.51. The largest absolute Gasteiger partial charge is 0.335 e. The molecule has 2 N–H and O–H groups in total. The first-order chi connectivity index (χ1) is 9.20. The Labute approximate surface area is 113 Å². The van der Waals surface area contributed by atoms with Gasteiger partial charge in [-0.05, 0) is 31.4 Å². The molecule has 1 aromatic rings. The molecule has 0 saturated heterocycles. The quantitative estimate of drug-likeness (QED) is 0.853. The van der Waals surface area contributed by atoms with Crippen molar-refractivity contribution >= 4 is 11.7 Å². The molecule has 0 spiro atoms. The minimum Gasteiger partial charge on any atom is -0.335 e. The highest BCUT2D eigenvalue weighted by Crippen LogP contribution is 2.20. The Hall–Kier alpha value is -2.02. The van der Waals surface area contributed by atoms with E-state index in [1.807, 2.05) is 19.1 Å². The van der Waals surface area contributed by atoms with Crippen molar-refractivity contribution in [2.75, 3.05) is 5.32 Å². The third-order valence-electron chi connectivity index (χ3n) is 3.57. The number of nitrogens with zero attached hydrogens (tertiary/aromatic N) is 1. The highest BCUT2D eigenvalue weighted by Gasteiger charge is 2.16. The van der Waals surface area contributed by atoms with Crippen molar-refractivity contribution in [2.45, 2.75) is 45.1 Å². The second kappa shape index (κ2) is 6.24. The summed E-state index contributed by atoms with van der Waals surface area (Å²) in [6.45, 7) is 1.86. The molecule has 0 unspecified atom stereocenters. The number of carbonyl (C=O) groups excluding carboxylic acids is 1. The number of urea groups is 1. The van der Waals surface area contributed by atoms with Gasteiger partial charge in [0.15, 0.2) is 0 Å². The van der Waals surface area contributed by atoms with Crippen molar-refractivity contribution in [2.24, 2.45) is 0 Å². The van der Waals surface area contributed by atoms with E-state index in [4.69, 9.17) is 5.26 Å². The SMILES string of the molecule is Cc1cccc(NC(=O)NC2CCCCC2)c1C#N. The van der Waals surface area contributed by atoms with Gasteiger partial charge in [0.2, 0.25) is 0 Å². The van der Waals surface area contributed by atoms with E-state index in [0.29, 0.717) is 11.3 Å². The van der Waals surface area contributed by atoms with Gasteiger partial charge < -0.3 is 10.6 Å². The Kier molecular flexibility index (Phi) is 4.40. The van der Waals surface area contributed by atoms with Crippen LogP contribution in [0.4, 0.5) is 10.5 Å². The van der Waals surface area contributed by atoms with Gasteiger partial charge in [-0.2, -0.15) is 5.26 Å². The second-order valence-electron chi connectivity index (χ2n) is 5.04. The summed E-state index contributed by atoms with van der Waals surface area (Å²) in [6, 6.07) is 7.64. The molecule has 1 aliphatic carbocycles. The first-order valence-corrected chi connectivity index (χ1v) is 6.78. The number of nitrogens with one attached hydrogen (secondary N) is 2. The number of rotatable bonds is 2. The van der Waals surface area contributed by atoms with Gasteiger partial charge in [0.1, 0.15) is 6.07 Å². The fourth-order valence-corrected chi connectivity index (χ4v) is 2.51. The van der Waals surface area contributed by atoms with Crippen LogP contribution < -0.4 is 10.6 Å². The van der Waals surface area contributed by atoms with Crippen LogP contribution in [0.15, 0.2) is 18.2 Å². The third-order valence-corrected chi connectivity index (χ3v) is 3.57. The maximum absolute atomic E-state index is 11.9. The highest BCUT2D eigenvalue weighted by molar-refractivity contribution is 5.91. The van der Waals surface area contributed by atoms with Crippen LogP contribution in [0.3, 0.4) is 0 Å². The summed E-state index contributed by atoms with van der Waals surface area (Å²) in [5, 5.41) is 14.9. The smallest absolute Gasteiger partial charge is 0.319 e. The molecule has 1 saturated carbocycles. The lowest BCUT2D eigenvalue weighted by Crippen LogP contribution is -2.39. The van der Waals surface area contributed by atoms with Crippen LogP contribution in [0, 0.1) is 18.3 Å². The predicted octanol–water partition coefficient (Wildman–Crippen LogP) is 3.32. The summed E-state index contributed by atoms with van der Waals surface area (Å²) >= 11 is 0. The van der Waals surface area contributed by atoms with Gasteiger partial charge in [-0.15, -0.1) is 0 Å². The fraction of sp³-hybridized carbons (Fsp3) is 0.467. The van der Waals surface area contributed by atoms with Crippen LogP contribution in [0.25, 0.3) is 0 Å². The number of aryl methyl sites for hydroxylation is 1. The zero-order valence-electron chi connectivity index (χ0n) is 11.2. The number of anilines is 1. The minimum absolute atomic E-state index is 0.214. The zero-order valence-corrected chi connectivity index (χ0v) is 11.2. The average Bonchev–Trinajstić information content (AvgIpc) is 2.40. The molecule has 4 nitrogen and oxygen atoms in total. The third kappa shape index (κ3) is 3.47. The summed E-state index contributed by atoms with van der Waals surface area (Å²) in [4.78, 5) is 11.9. The Bertz CT molecular complexity index is 499. The van der Waals surface area contributed by atoms with Crippen molar-refractivity contribution < 1.29 is 4.79 Å². The first-order valence-electron chi connectivity index (χ1n) is 6.78. The maximum atomic E-state index is 11.9. The van der Waals surface area contributed by atoms with Crippen LogP contribution in [0.1, 0.15) is 43.2 Å². The van der Waals surface area contributed by atoms with Gasteiger partial charge in [0, 0.05) is 6.04 Å². The van der Waals surface area contributed by atoms with E-state index in [0.717, 1.165) is 18.4 Å². The van der Waals surface area contributed by atoms with Crippen LogP contribution in [0.2, 0.25) is 0 Å². The van der Waals surface area contributed by atoms with Gasteiger partial charge in [0.05, 0.1) is 11.3 Å². The molecular formula is C15H19N3O. The normalized spacial score (nSPS) is 15.6. The van der Waals surface area contributed by atoms with Gasteiger partial charge in [-0.1, -0.05) is 31.4 Å². The van der Waals surface area contributed by atoms with Crippen molar-refractivity contribution in [1.29, 1.82) is 5.26 Å². The van der Waals surface area contributed by atoms with Gasteiger partial charge in [-0.25, -0.2) is 4.79 Å². The van der Waals surface area contributed by atoms with Gasteiger partial charge >= 0.3 is 6.03 Å². The Morgan fingerprint density at radius 1 is 1.32 bits per heavy atom. The van der Waals surface area contributed by atoms with E-state index < -0.39 is 0 Å². The number of carbonyl (C=O) groups is 1. The predicted molar refractivity (Wildman–Crippen MR) is 74.9 cm³/mol. The van der Waals surface area contributed by atoms with Crippen LogP contribution in [0.5, 0.6) is 0 Å². The lowest BCUT2D eigenvalue weighted by atomic mass is 9.96. The molecule has 2 rings (SSSR count). The summed E-state index contributed by atoms with van der Waals surface area (Å²) < 4.78 is 0. The van der Waals surface area contributed by atoms with Gasteiger partial charge in [0.25, 0.3) is 0 Å². The van der Waals surface area contributed by atoms with Crippen LogP contribution in [-0.4, -0.2) is 12.1 Å². The second-order valence-corrected chi connectivity index (χ2v) is 5.04. The lowest BCUT2D eigenvalue weighted by Gasteiger charge is -2.23. The van der Waals surface area contributed by atoms with Crippen molar-refractivity contribution in [3.63, 3.8) is 0 Å². The standard InChI is InChI=1S/C15H19N3O/c1-11-6-5-9-14(13(11)10-16)18-15(19)17-12-7-3-2-4-8-12/h5-6,9,12H,2-4,7-8H2,1H3,(H2,17,18,19). The van der Waals surface area contributed by atoms with Crippen molar-refractivity contribution in [1.82, 2.24) is 5.32 Å². The molecule has 0 heterocycles. The molecular weight excluding hydrogens is 238 g/mol. The van der Waals surface area contributed by atoms with Gasteiger partial charge in [-0.3, -0.25) is 0 Å². The molecule has 1 aromatic carbocycles. The molecule has 0 aromatic heterocycles. The van der Waals surface area contributed by atoms with E-state index >= 15 is 0 Å². The lowest BCUT2D eigenvalue weighted by molar-refractivity contribution is 0.244. The number of hydrogen-bond donors (Lipinski definition) is 2. The van der Waals surface area contributed by atoms with E-state index in [1.165, 1.54) is 19.3 Å². The van der Waals surface area contributed by atoms with Crippen molar-refractivity contribution in [3.8, 4) is 6.07 Å². The van der Waals surface area contributed by atoms with Crippen molar-refractivity contribution in [3.05, 3.63) is 29.3 Å². The monoisotopic (exact) mass is 257 g/mol. The molecule has 2 amide bonds. The number of hydrogen-bond acceptors (Lipinski definition) is 2. The molecule has 1 aliphatic rings. The van der Waals surface area contributed by atoms with Crippen LogP contribution >= 0.6 is 0 Å². The molecule has 100 valence electrons.